The minimum Gasteiger partial charge on any atom is -0.479 e. The van der Waals surface area contributed by atoms with E-state index in [9.17, 15) is 23.1 Å². The molecular formula is C9H5BrClF3O3. The average Bonchev–Trinajstić information content (AvgIpc) is 2.12. The Morgan fingerprint density at radius 1 is 1.29 bits per heavy atom. The number of halogens is 5. The van der Waals surface area contributed by atoms with E-state index in [2.05, 4.69) is 15.9 Å². The van der Waals surface area contributed by atoms with E-state index in [4.69, 9.17) is 16.7 Å². The third-order valence-electron chi connectivity index (χ3n) is 2.00. The molecule has 0 spiro atoms. The van der Waals surface area contributed by atoms with E-state index < -0.39 is 23.3 Å². The van der Waals surface area contributed by atoms with Crippen molar-refractivity contribution in [1.82, 2.24) is 0 Å². The highest BCUT2D eigenvalue weighted by molar-refractivity contribution is 9.10. The molecule has 0 saturated heterocycles. The molecule has 0 aliphatic rings. The number of rotatable bonds is 2. The van der Waals surface area contributed by atoms with Crippen molar-refractivity contribution in [3.8, 4) is 0 Å². The molecule has 0 heterocycles. The number of carboxylic acid groups (broad SMARTS) is 1. The Balaban J connectivity index is 3.49. The van der Waals surface area contributed by atoms with Gasteiger partial charge in [0.15, 0.2) is 0 Å². The van der Waals surface area contributed by atoms with E-state index in [1.807, 2.05) is 0 Å². The predicted molar refractivity (Wildman–Crippen MR) is 56.7 cm³/mol. The van der Waals surface area contributed by atoms with Gasteiger partial charge in [-0.3, -0.25) is 0 Å². The number of hydrogen-bond donors (Lipinski definition) is 2. The molecule has 0 fully saturated rings. The maximum atomic E-state index is 12.6. The first-order chi connectivity index (χ1) is 7.59. The maximum Gasteiger partial charge on any atom is 0.432 e. The summed E-state index contributed by atoms with van der Waals surface area (Å²) in [6.07, 6.45) is -5.36. The Morgan fingerprint density at radius 3 is 2.18 bits per heavy atom. The van der Waals surface area contributed by atoms with E-state index >= 15 is 0 Å². The highest BCUT2D eigenvalue weighted by atomic mass is 79.9. The summed E-state index contributed by atoms with van der Waals surface area (Å²) in [6.45, 7) is 0. The van der Waals surface area contributed by atoms with Gasteiger partial charge < -0.3 is 10.2 Å². The quantitative estimate of drug-likeness (QED) is 0.875. The summed E-state index contributed by atoms with van der Waals surface area (Å²) in [6, 6.07) is 2.85. The zero-order valence-electron chi connectivity index (χ0n) is 7.92. The molecule has 1 atom stereocenters. The van der Waals surface area contributed by atoms with Crippen LogP contribution < -0.4 is 0 Å². The van der Waals surface area contributed by atoms with Crippen LogP contribution in [0.4, 0.5) is 13.2 Å². The number of alkyl halides is 3. The minimum absolute atomic E-state index is 0.127. The Morgan fingerprint density at radius 2 is 1.82 bits per heavy atom. The monoisotopic (exact) mass is 332 g/mol. The van der Waals surface area contributed by atoms with E-state index in [0.29, 0.717) is 0 Å². The molecule has 17 heavy (non-hydrogen) atoms. The standard InChI is InChI=1S/C9H5BrClF3O3/c10-5-1-4(2-6(11)3-5)8(17,7(15)16)9(12,13)14/h1-3,17H,(H,15,16). The lowest BCUT2D eigenvalue weighted by Crippen LogP contribution is -2.49. The van der Waals surface area contributed by atoms with E-state index in [1.54, 1.807) is 0 Å². The molecule has 0 saturated carbocycles. The second-order valence-corrected chi connectivity index (χ2v) is 4.52. The van der Waals surface area contributed by atoms with Gasteiger partial charge in [-0.1, -0.05) is 27.5 Å². The summed E-state index contributed by atoms with van der Waals surface area (Å²) in [5, 5.41) is 17.8. The number of benzene rings is 1. The van der Waals surface area contributed by atoms with Gasteiger partial charge in [0.25, 0.3) is 5.60 Å². The van der Waals surface area contributed by atoms with Gasteiger partial charge in [-0.25, -0.2) is 4.79 Å². The normalized spacial score (nSPS) is 15.4. The van der Waals surface area contributed by atoms with Crippen LogP contribution >= 0.6 is 27.5 Å². The SMILES string of the molecule is O=C(O)C(O)(c1cc(Cl)cc(Br)c1)C(F)(F)F. The van der Waals surface area contributed by atoms with Gasteiger partial charge in [0.1, 0.15) is 0 Å². The highest BCUT2D eigenvalue weighted by Crippen LogP contribution is 2.40. The molecule has 1 aromatic rings. The van der Waals surface area contributed by atoms with Crippen LogP contribution in [-0.4, -0.2) is 22.4 Å². The van der Waals surface area contributed by atoms with Crippen molar-refractivity contribution in [3.05, 3.63) is 33.3 Å². The van der Waals surface area contributed by atoms with Crippen LogP contribution in [0.5, 0.6) is 0 Å². The molecule has 0 radical (unpaired) electrons. The van der Waals surface area contributed by atoms with Gasteiger partial charge in [-0.2, -0.15) is 13.2 Å². The lowest BCUT2D eigenvalue weighted by Gasteiger charge is -2.26. The number of aliphatic carboxylic acids is 1. The third kappa shape index (κ3) is 2.56. The second-order valence-electron chi connectivity index (χ2n) is 3.17. The van der Waals surface area contributed by atoms with Crippen molar-refractivity contribution in [2.24, 2.45) is 0 Å². The highest BCUT2D eigenvalue weighted by Gasteiger charge is 2.61. The molecule has 0 bridgehead atoms. The third-order valence-corrected chi connectivity index (χ3v) is 2.68. The van der Waals surface area contributed by atoms with Crippen LogP contribution in [0.1, 0.15) is 5.56 Å². The smallest absolute Gasteiger partial charge is 0.432 e. The molecular weight excluding hydrogens is 328 g/mol. The Hall–Kier alpha value is -0.790. The van der Waals surface area contributed by atoms with Crippen LogP contribution in [-0.2, 0) is 10.4 Å². The predicted octanol–water partition coefficient (Wildman–Crippen LogP) is 2.94. The van der Waals surface area contributed by atoms with Gasteiger partial charge in [-0.05, 0) is 18.2 Å². The summed E-state index contributed by atoms with van der Waals surface area (Å²) in [7, 11) is 0. The van der Waals surface area contributed by atoms with Crippen molar-refractivity contribution < 1.29 is 28.2 Å². The summed E-state index contributed by atoms with van der Waals surface area (Å²) in [5.41, 5.74) is -4.85. The van der Waals surface area contributed by atoms with Crippen LogP contribution in [0.25, 0.3) is 0 Å². The summed E-state index contributed by atoms with van der Waals surface area (Å²) in [5.74, 6) is -2.42. The zero-order chi connectivity index (χ0) is 13.4. The van der Waals surface area contributed by atoms with Gasteiger partial charge in [0.05, 0.1) is 0 Å². The summed E-state index contributed by atoms with van der Waals surface area (Å²) >= 11 is 8.38. The first-order valence-electron chi connectivity index (χ1n) is 4.08. The van der Waals surface area contributed by atoms with Crippen LogP contribution in [0.15, 0.2) is 22.7 Å². The van der Waals surface area contributed by atoms with Gasteiger partial charge >= 0.3 is 12.1 Å². The van der Waals surface area contributed by atoms with Crippen molar-refractivity contribution in [3.63, 3.8) is 0 Å². The molecule has 8 heteroatoms. The van der Waals surface area contributed by atoms with E-state index in [0.717, 1.165) is 12.1 Å². The van der Waals surface area contributed by atoms with Crippen molar-refractivity contribution in [2.75, 3.05) is 0 Å². The lowest BCUT2D eigenvalue weighted by atomic mass is 9.93. The molecule has 0 aromatic heterocycles. The van der Waals surface area contributed by atoms with Gasteiger partial charge in [-0.15, -0.1) is 0 Å². The number of hydrogen-bond acceptors (Lipinski definition) is 2. The minimum atomic E-state index is -5.36. The molecule has 1 unspecified atom stereocenters. The Labute approximate surface area is 107 Å². The molecule has 94 valence electrons. The van der Waals surface area contributed by atoms with Crippen molar-refractivity contribution in [1.29, 1.82) is 0 Å². The fraction of sp³-hybridized carbons (Fsp3) is 0.222. The summed E-state index contributed by atoms with van der Waals surface area (Å²) < 4.78 is 38.0. The number of carbonyl (C=O) groups is 1. The second kappa shape index (κ2) is 4.47. The molecule has 0 aliphatic carbocycles. The topological polar surface area (TPSA) is 57.5 Å². The van der Waals surface area contributed by atoms with E-state index in [1.165, 1.54) is 6.07 Å². The molecule has 0 aliphatic heterocycles. The molecule has 3 nitrogen and oxygen atoms in total. The van der Waals surface area contributed by atoms with Crippen LogP contribution in [0.3, 0.4) is 0 Å². The van der Waals surface area contributed by atoms with Crippen molar-refractivity contribution >= 4 is 33.5 Å². The summed E-state index contributed by atoms with van der Waals surface area (Å²) in [4.78, 5) is 10.7. The fourth-order valence-electron chi connectivity index (χ4n) is 1.17. The van der Waals surface area contributed by atoms with Gasteiger partial charge in [0, 0.05) is 15.1 Å². The first kappa shape index (κ1) is 14.3. The van der Waals surface area contributed by atoms with Crippen LogP contribution in [0.2, 0.25) is 5.02 Å². The molecule has 1 aromatic carbocycles. The van der Waals surface area contributed by atoms with Crippen molar-refractivity contribution in [2.45, 2.75) is 11.8 Å². The lowest BCUT2D eigenvalue weighted by molar-refractivity contribution is -0.265. The Kier molecular flexibility index (Phi) is 3.75. The molecule has 2 N–H and O–H groups in total. The Bertz CT molecular complexity index is 443. The fourth-order valence-corrected chi connectivity index (χ4v) is 2.03. The van der Waals surface area contributed by atoms with Crippen LogP contribution in [0, 0.1) is 0 Å². The largest absolute Gasteiger partial charge is 0.479 e. The van der Waals surface area contributed by atoms with E-state index in [-0.39, 0.29) is 9.50 Å². The number of carboxylic acids is 1. The molecule has 1 rings (SSSR count). The molecule has 0 amide bonds. The first-order valence-corrected chi connectivity index (χ1v) is 5.25. The average molecular weight is 333 g/mol. The zero-order valence-corrected chi connectivity index (χ0v) is 10.3. The maximum absolute atomic E-state index is 12.6. The van der Waals surface area contributed by atoms with Gasteiger partial charge in [0.2, 0.25) is 0 Å². The number of aliphatic hydroxyl groups is 1.